The van der Waals surface area contributed by atoms with Gasteiger partial charge in [-0.3, -0.25) is 4.79 Å². The van der Waals surface area contributed by atoms with E-state index in [1.807, 2.05) is 20.8 Å². The number of alkyl carbamates (subject to hydrolysis) is 1. The van der Waals surface area contributed by atoms with Gasteiger partial charge < -0.3 is 14.8 Å². The second-order valence-electron chi connectivity index (χ2n) is 10.4. The lowest BCUT2D eigenvalue weighted by Crippen LogP contribution is -2.39. The van der Waals surface area contributed by atoms with Crippen LogP contribution in [0, 0.1) is 11.3 Å². The highest BCUT2D eigenvalue weighted by atomic mass is 16.6. The van der Waals surface area contributed by atoms with E-state index >= 15 is 0 Å². The van der Waals surface area contributed by atoms with Crippen molar-refractivity contribution in [3.8, 4) is 0 Å². The first kappa shape index (κ1) is 25.9. The fraction of sp³-hybridized carbons (Fsp3) is 0.917. The molecule has 0 aromatic rings. The van der Waals surface area contributed by atoms with Crippen LogP contribution in [0.1, 0.15) is 106 Å². The molecule has 0 aromatic heterocycles. The third kappa shape index (κ3) is 12.2. The molecule has 1 saturated carbocycles. The summed E-state index contributed by atoms with van der Waals surface area (Å²) < 4.78 is 11.4. The molecule has 0 aliphatic heterocycles. The molecular weight excluding hydrogens is 366 g/mol. The zero-order chi connectivity index (χ0) is 21.9. The van der Waals surface area contributed by atoms with Crippen molar-refractivity contribution in [2.45, 2.75) is 117 Å². The number of hydrogen-bond donors (Lipinski definition) is 1. The Morgan fingerprint density at radius 1 is 1.07 bits per heavy atom. The Bertz CT molecular complexity index is 496. The molecule has 5 nitrogen and oxygen atoms in total. The number of ketones is 1. The van der Waals surface area contributed by atoms with E-state index in [9.17, 15) is 9.59 Å². The molecule has 29 heavy (non-hydrogen) atoms. The molecule has 0 radical (unpaired) electrons. The number of rotatable bonds is 12. The first-order valence-corrected chi connectivity index (χ1v) is 11.6. The average molecular weight is 412 g/mol. The summed E-state index contributed by atoms with van der Waals surface area (Å²) in [5.41, 5.74) is -0.320. The Hall–Kier alpha value is -1.10. The molecule has 1 amide bonds. The monoisotopic (exact) mass is 411 g/mol. The number of Topliss-reactive ketones (excluding diaryl/α,β-unsaturated/α-hetero) is 1. The summed E-state index contributed by atoms with van der Waals surface area (Å²) in [7, 11) is 0. The van der Waals surface area contributed by atoms with E-state index in [-0.39, 0.29) is 29.8 Å². The number of carbonyl (C=O) groups is 2. The van der Waals surface area contributed by atoms with Crippen molar-refractivity contribution in [2.75, 3.05) is 13.2 Å². The molecule has 0 unspecified atom stereocenters. The van der Waals surface area contributed by atoms with Crippen LogP contribution in [-0.2, 0) is 14.3 Å². The molecule has 2 atom stereocenters. The second-order valence-corrected chi connectivity index (χ2v) is 10.4. The third-order valence-electron chi connectivity index (χ3n) is 5.59. The standard InChI is InChI=1S/C24H45NO4/c1-7-8-9-10-11-12-15-28-21-13-14-24(5,6)17-19(21)16-20(26)18-25-22(27)29-23(2,3)4/h19,21H,7-18H2,1-6H3,(H,25,27)/t19-,21+/m1/s1. The SMILES string of the molecule is CCCCCCCCO[C@H]1CCC(C)(C)C[C@H]1CC(=O)CNC(=O)OC(C)(C)C. The van der Waals surface area contributed by atoms with E-state index < -0.39 is 11.7 Å². The van der Waals surface area contributed by atoms with Crippen LogP contribution in [0.15, 0.2) is 0 Å². The lowest BCUT2D eigenvalue weighted by Gasteiger charge is -2.40. The minimum absolute atomic E-state index is 0.0238. The molecule has 0 saturated heterocycles. The van der Waals surface area contributed by atoms with Crippen LogP contribution >= 0.6 is 0 Å². The number of hydrogen-bond acceptors (Lipinski definition) is 4. The average Bonchev–Trinajstić information content (AvgIpc) is 2.59. The molecule has 1 aliphatic carbocycles. The van der Waals surface area contributed by atoms with Crippen molar-refractivity contribution in [2.24, 2.45) is 11.3 Å². The highest BCUT2D eigenvalue weighted by Crippen LogP contribution is 2.41. The predicted molar refractivity (Wildman–Crippen MR) is 118 cm³/mol. The van der Waals surface area contributed by atoms with Gasteiger partial charge in [-0.1, -0.05) is 52.9 Å². The van der Waals surface area contributed by atoms with Gasteiger partial charge in [-0.25, -0.2) is 4.79 Å². The van der Waals surface area contributed by atoms with E-state index in [1.165, 1.54) is 32.1 Å². The van der Waals surface area contributed by atoms with Crippen LogP contribution in [0.5, 0.6) is 0 Å². The Labute approximate surface area is 178 Å². The summed E-state index contributed by atoms with van der Waals surface area (Å²) in [6, 6.07) is 0. The predicted octanol–water partition coefficient (Wildman–Crippen LogP) is 6.04. The molecule has 1 fully saturated rings. The van der Waals surface area contributed by atoms with Crippen molar-refractivity contribution in [3.05, 3.63) is 0 Å². The molecule has 5 heteroatoms. The lowest BCUT2D eigenvalue weighted by atomic mass is 9.69. The van der Waals surface area contributed by atoms with Crippen molar-refractivity contribution in [1.82, 2.24) is 5.32 Å². The first-order valence-electron chi connectivity index (χ1n) is 11.6. The van der Waals surface area contributed by atoms with Crippen LogP contribution in [0.2, 0.25) is 0 Å². The van der Waals surface area contributed by atoms with E-state index in [1.54, 1.807) is 0 Å². The number of unbranched alkanes of at least 4 members (excludes halogenated alkanes) is 5. The first-order chi connectivity index (χ1) is 13.5. The van der Waals surface area contributed by atoms with Crippen LogP contribution in [0.4, 0.5) is 4.79 Å². The number of ether oxygens (including phenoxy) is 2. The minimum atomic E-state index is -0.560. The summed E-state index contributed by atoms with van der Waals surface area (Å²) in [4.78, 5) is 24.3. The largest absolute Gasteiger partial charge is 0.444 e. The molecule has 1 rings (SSSR count). The smallest absolute Gasteiger partial charge is 0.408 e. The summed E-state index contributed by atoms with van der Waals surface area (Å²) in [6.07, 6.45) is 10.7. The van der Waals surface area contributed by atoms with E-state index in [0.29, 0.717) is 6.42 Å². The molecule has 0 aromatic carbocycles. The zero-order valence-electron chi connectivity index (χ0n) is 19.8. The molecule has 0 spiro atoms. The summed E-state index contributed by atoms with van der Waals surface area (Å²) in [5, 5.41) is 2.59. The van der Waals surface area contributed by atoms with Gasteiger partial charge in [0.05, 0.1) is 12.6 Å². The molecule has 170 valence electrons. The zero-order valence-corrected chi connectivity index (χ0v) is 19.8. The van der Waals surface area contributed by atoms with Gasteiger partial charge in [0.1, 0.15) is 5.60 Å². The topological polar surface area (TPSA) is 64.6 Å². The van der Waals surface area contributed by atoms with Gasteiger partial charge in [-0.2, -0.15) is 0 Å². The number of amides is 1. The fourth-order valence-electron chi connectivity index (χ4n) is 4.10. The molecule has 0 heterocycles. The highest BCUT2D eigenvalue weighted by Gasteiger charge is 2.36. The maximum Gasteiger partial charge on any atom is 0.408 e. The van der Waals surface area contributed by atoms with Gasteiger partial charge in [0, 0.05) is 13.0 Å². The summed E-state index contributed by atoms with van der Waals surface area (Å²) in [6.45, 7) is 13.0. The molecular formula is C24H45NO4. The van der Waals surface area contributed by atoms with Gasteiger partial charge in [0.15, 0.2) is 5.78 Å². The Morgan fingerprint density at radius 3 is 2.38 bits per heavy atom. The maximum absolute atomic E-state index is 12.5. The van der Waals surface area contributed by atoms with Crippen molar-refractivity contribution in [1.29, 1.82) is 0 Å². The fourth-order valence-corrected chi connectivity index (χ4v) is 4.10. The van der Waals surface area contributed by atoms with Gasteiger partial charge >= 0.3 is 6.09 Å². The number of carbonyl (C=O) groups excluding carboxylic acids is 2. The Balaban J connectivity index is 2.41. The minimum Gasteiger partial charge on any atom is -0.444 e. The van der Waals surface area contributed by atoms with Crippen LogP contribution in [-0.4, -0.2) is 36.7 Å². The highest BCUT2D eigenvalue weighted by molar-refractivity contribution is 5.84. The van der Waals surface area contributed by atoms with Gasteiger partial charge in [0.2, 0.25) is 0 Å². The molecule has 0 bridgehead atoms. The van der Waals surface area contributed by atoms with Crippen LogP contribution in [0.3, 0.4) is 0 Å². The van der Waals surface area contributed by atoms with E-state index in [2.05, 4.69) is 26.1 Å². The van der Waals surface area contributed by atoms with Gasteiger partial charge in [0.25, 0.3) is 0 Å². The third-order valence-corrected chi connectivity index (χ3v) is 5.59. The van der Waals surface area contributed by atoms with E-state index in [4.69, 9.17) is 9.47 Å². The van der Waals surface area contributed by atoms with Crippen molar-refractivity contribution < 1.29 is 19.1 Å². The van der Waals surface area contributed by atoms with Crippen LogP contribution in [0.25, 0.3) is 0 Å². The van der Waals surface area contributed by atoms with Crippen molar-refractivity contribution in [3.63, 3.8) is 0 Å². The van der Waals surface area contributed by atoms with Gasteiger partial charge in [-0.05, 0) is 57.8 Å². The molecule has 1 aliphatic rings. The summed E-state index contributed by atoms with van der Waals surface area (Å²) in [5.74, 6) is 0.276. The normalized spacial score (nSPS) is 21.6. The molecule has 1 N–H and O–H groups in total. The Morgan fingerprint density at radius 2 is 1.72 bits per heavy atom. The van der Waals surface area contributed by atoms with Crippen molar-refractivity contribution >= 4 is 11.9 Å². The van der Waals surface area contributed by atoms with Gasteiger partial charge in [-0.15, -0.1) is 0 Å². The quantitative estimate of drug-likeness (QED) is 0.397. The Kier molecular flexibility index (Phi) is 11.2. The maximum atomic E-state index is 12.5. The second kappa shape index (κ2) is 12.6. The number of nitrogens with one attached hydrogen (secondary N) is 1. The van der Waals surface area contributed by atoms with E-state index in [0.717, 1.165) is 32.3 Å². The van der Waals surface area contributed by atoms with Crippen LogP contribution < -0.4 is 5.32 Å². The summed E-state index contributed by atoms with van der Waals surface area (Å²) >= 11 is 0. The lowest BCUT2D eigenvalue weighted by molar-refractivity contribution is -0.122.